The van der Waals surface area contributed by atoms with E-state index in [1.54, 1.807) is 46.6 Å². The highest BCUT2D eigenvalue weighted by molar-refractivity contribution is 6.03. The Morgan fingerprint density at radius 1 is 0.765 bits per heavy atom. The van der Waals surface area contributed by atoms with Crippen LogP contribution < -0.4 is 30.0 Å². The molecule has 3 rings (SSSR count). The molecule has 7 heteroatoms. The molecule has 0 radical (unpaired) electrons. The van der Waals surface area contributed by atoms with Crippen LogP contribution in [0.4, 0.5) is 11.4 Å². The second-order valence-corrected chi connectivity index (χ2v) is 7.20. The minimum atomic E-state index is -0.260. The van der Waals surface area contributed by atoms with Crippen molar-refractivity contribution in [3.8, 4) is 23.0 Å². The second-order valence-electron chi connectivity index (χ2n) is 7.20. The van der Waals surface area contributed by atoms with Crippen LogP contribution in [0.15, 0.2) is 60.7 Å². The minimum absolute atomic E-state index is 0.260. The number of methoxy groups -OCH3 is 4. The Morgan fingerprint density at radius 3 is 2.06 bits per heavy atom. The zero-order valence-electron chi connectivity index (χ0n) is 19.6. The molecule has 0 aliphatic rings. The van der Waals surface area contributed by atoms with Crippen molar-refractivity contribution in [3.05, 3.63) is 77.4 Å². The first-order valence-electron chi connectivity index (χ1n) is 10.5. The van der Waals surface area contributed by atoms with Crippen molar-refractivity contribution in [2.45, 2.75) is 0 Å². The Morgan fingerprint density at radius 2 is 1.41 bits per heavy atom. The fraction of sp³-hybridized carbons (Fsp3) is 0.148. The Bertz CT molecular complexity index is 1190. The molecule has 0 fully saturated rings. The van der Waals surface area contributed by atoms with E-state index in [0.717, 1.165) is 16.7 Å². The minimum Gasteiger partial charge on any atom is -0.495 e. The zero-order valence-corrected chi connectivity index (χ0v) is 19.6. The summed E-state index contributed by atoms with van der Waals surface area (Å²) in [7, 11) is 6.26. The summed E-state index contributed by atoms with van der Waals surface area (Å²) < 4.78 is 21.4. The predicted molar refractivity (Wildman–Crippen MR) is 137 cm³/mol. The number of benzene rings is 3. The maximum absolute atomic E-state index is 12.5. The Hall–Kier alpha value is -4.39. The van der Waals surface area contributed by atoms with Crippen molar-refractivity contribution in [1.29, 1.82) is 0 Å². The van der Waals surface area contributed by atoms with E-state index in [1.165, 1.54) is 6.08 Å². The van der Waals surface area contributed by atoms with Gasteiger partial charge in [0.05, 0.1) is 34.1 Å². The number of carbonyl (C=O) groups excluding carboxylic acids is 1. The fourth-order valence-corrected chi connectivity index (χ4v) is 3.32. The van der Waals surface area contributed by atoms with E-state index < -0.39 is 0 Å². The topological polar surface area (TPSA) is 92.0 Å². The van der Waals surface area contributed by atoms with E-state index in [0.29, 0.717) is 34.4 Å². The average Bonchev–Trinajstić information content (AvgIpc) is 2.86. The largest absolute Gasteiger partial charge is 0.495 e. The monoisotopic (exact) mass is 460 g/mol. The van der Waals surface area contributed by atoms with Gasteiger partial charge in [0, 0.05) is 11.8 Å². The van der Waals surface area contributed by atoms with Gasteiger partial charge in [0.2, 0.25) is 11.7 Å². The van der Waals surface area contributed by atoms with E-state index >= 15 is 0 Å². The van der Waals surface area contributed by atoms with Gasteiger partial charge in [-0.25, -0.2) is 0 Å². The van der Waals surface area contributed by atoms with Gasteiger partial charge in [-0.2, -0.15) is 0 Å². The van der Waals surface area contributed by atoms with Crippen LogP contribution in [0.25, 0.3) is 18.2 Å². The van der Waals surface area contributed by atoms with Crippen LogP contribution >= 0.6 is 0 Å². The zero-order chi connectivity index (χ0) is 24.5. The van der Waals surface area contributed by atoms with E-state index in [-0.39, 0.29) is 5.91 Å². The maximum Gasteiger partial charge on any atom is 0.248 e. The molecule has 0 atom stereocenters. The third-order valence-electron chi connectivity index (χ3n) is 5.05. The first kappa shape index (κ1) is 24.3. The van der Waals surface area contributed by atoms with Crippen LogP contribution in [0.2, 0.25) is 0 Å². The van der Waals surface area contributed by atoms with Crippen LogP contribution in [0, 0.1) is 0 Å². The van der Waals surface area contributed by atoms with Gasteiger partial charge in [-0.05, 0) is 53.1 Å². The number of ether oxygens (including phenoxy) is 4. The highest BCUT2D eigenvalue weighted by Crippen LogP contribution is 2.38. The Balaban J connectivity index is 1.79. The molecular weight excluding hydrogens is 432 g/mol. The molecule has 0 unspecified atom stereocenters. The number of nitrogens with two attached hydrogens (primary N) is 1. The highest BCUT2D eigenvalue weighted by Gasteiger charge is 2.12. The SMILES string of the molecule is COc1cc(/C=C/C(=O)Nc2ccccc2/C=C/c2cc(OC)c(OC)c(OC)c2)ccc1N. The number of nitrogens with one attached hydrogen (secondary N) is 1. The molecule has 3 N–H and O–H groups in total. The van der Waals surface area contributed by atoms with Crippen LogP contribution in [0.5, 0.6) is 23.0 Å². The molecule has 0 spiro atoms. The highest BCUT2D eigenvalue weighted by atomic mass is 16.5. The van der Waals surface area contributed by atoms with Gasteiger partial charge in [0.1, 0.15) is 5.75 Å². The van der Waals surface area contributed by atoms with Crippen molar-refractivity contribution >= 4 is 35.5 Å². The van der Waals surface area contributed by atoms with Crippen LogP contribution in [0.3, 0.4) is 0 Å². The summed E-state index contributed by atoms with van der Waals surface area (Å²) in [5, 5.41) is 2.92. The average molecular weight is 461 g/mol. The fourth-order valence-electron chi connectivity index (χ4n) is 3.32. The number of carbonyl (C=O) groups is 1. The Kier molecular flexibility index (Phi) is 8.18. The molecule has 1 amide bonds. The molecule has 0 aliphatic carbocycles. The van der Waals surface area contributed by atoms with Crippen LogP contribution in [-0.4, -0.2) is 34.3 Å². The number of amides is 1. The molecule has 0 bridgehead atoms. The molecule has 7 nitrogen and oxygen atoms in total. The number of anilines is 2. The number of hydrogen-bond acceptors (Lipinski definition) is 6. The van der Waals surface area contributed by atoms with E-state index in [1.807, 2.05) is 54.6 Å². The van der Waals surface area contributed by atoms with Gasteiger partial charge in [0.25, 0.3) is 0 Å². The van der Waals surface area contributed by atoms with E-state index in [4.69, 9.17) is 24.7 Å². The normalized spacial score (nSPS) is 10.9. The summed E-state index contributed by atoms with van der Waals surface area (Å²) >= 11 is 0. The lowest BCUT2D eigenvalue weighted by atomic mass is 10.1. The van der Waals surface area contributed by atoms with Crippen molar-refractivity contribution < 1.29 is 23.7 Å². The maximum atomic E-state index is 12.5. The lowest BCUT2D eigenvalue weighted by Gasteiger charge is -2.13. The molecule has 0 saturated heterocycles. The summed E-state index contributed by atoms with van der Waals surface area (Å²) in [6.07, 6.45) is 6.98. The summed E-state index contributed by atoms with van der Waals surface area (Å²) in [6, 6.07) is 16.5. The van der Waals surface area contributed by atoms with E-state index in [9.17, 15) is 4.79 Å². The van der Waals surface area contributed by atoms with Gasteiger partial charge in [-0.1, -0.05) is 36.4 Å². The lowest BCUT2D eigenvalue weighted by molar-refractivity contribution is -0.111. The molecule has 3 aromatic carbocycles. The van der Waals surface area contributed by atoms with E-state index in [2.05, 4.69) is 5.32 Å². The molecule has 176 valence electrons. The van der Waals surface area contributed by atoms with Crippen molar-refractivity contribution in [2.75, 3.05) is 39.5 Å². The molecule has 0 aromatic heterocycles. The summed E-state index contributed by atoms with van der Waals surface area (Å²) in [4.78, 5) is 12.5. The third-order valence-corrected chi connectivity index (χ3v) is 5.05. The van der Waals surface area contributed by atoms with Crippen molar-refractivity contribution in [1.82, 2.24) is 0 Å². The molecule has 0 saturated carbocycles. The summed E-state index contributed by atoms with van der Waals surface area (Å²) in [5.74, 6) is 1.95. The number of nitrogen functional groups attached to an aromatic ring is 1. The smallest absolute Gasteiger partial charge is 0.248 e. The van der Waals surface area contributed by atoms with Gasteiger partial charge in [-0.15, -0.1) is 0 Å². The Labute approximate surface area is 199 Å². The van der Waals surface area contributed by atoms with Gasteiger partial charge >= 0.3 is 0 Å². The van der Waals surface area contributed by atoms with Crippen LogP contribution in [0.1, 0.15) is 16.7 Å². The standard InChI is InChI=1S/C27H28N2O5/c1-31-23-15-18(10-13-21(23)28)11-14-26(30)29-22-8-6-5-7-20(22)12-9-19-16-24(32-2)27(34-4)25(17-19)33-3/h5-17H,28H2,1-4H3,(H,29,30)/b12-9+,14-11+. The number of rotatable bonds is 9. The first-order chi connectivity index (χ1) is 16.5. The molecule has 0 heterocycles. The quantitative estimate of drug-likeness (QED) is 0.261. The first-order valence-corrected chi connectivity index (χ1v) is 10.5. The summed E-state index contributed by atoms with van der Waals surface area (Å²) in [6.45, 7) is 0. The molecular formula is C27H28N2O5. The molecule has 3 aromatic rings. The van der Waals surface area contributed by atoms with Crippen LogP contribution in [-0.2, 0) is 4.79 Å². The van der Waals surface area contributed by atoms with Gasteiger partial charge in [-0.3, -0.25) is 4.79 Å². The number of para-hydroxylation sites is 1. The lowest BCUT2D eigenvalue weighted by Crippen LogP contribution is -2.08. The van der Waals surface area contributed by atoms with Crippen molar-refractivity contribution in [3.63, 3.8) is 0 Å². The molecule has 34 heavy (non-hydrogen) atoms. The molecule has 0 aliphatic heterocycles. The number of hydrogen-bond donors (Lipinski definition) is 2. The summed E-state index contributed by atoms with van der Waals surface area (Å²) in [5.41, 5.74) is 9.55. The van der Waals surface area contributed by atoms with Gasteiger partial charge < -0.3 is 30.0 Å². The van der Waals surface area contributed by atoms with Gasteiger partial charge in [0.15, 0.2) is 11.5 Å². The predicted octanol–water partition coefficient (Wildman–Crippen LogP) is 5.13. The second kappa shape index (κ2) is 11.5. The third kappa shape index (κ3) is 5.89. The van der Waals surface area contributed by atoms with Crippen molar-refractivity contribution in [2.24, 2.45) is 0 Å².